The molecule has 13 heavy (non-hydrogen) atoms. The highest BCUT2D eigenvalue weighted by Crippen LogP contribution is 2.14. The summed E-state index contributed by atoms with van der Waals surface area (Å²) in [5.41, 5.74) is 1.07. The minimum absolute atomic E-state index is 0.0446. The lowest BCUT2D eigenvalue weighted by Crippen LogP contribution is -2.18. The van der Waals surface area contributed by atoms with E-state index in [-0.39, 0.29) is 5.56 Å². The molecule has 0 saturated carbocycles. The molecule has 68 valence electrons. The van der Waals surface area contributed by atoms with Crippen LogP contribution in [0.3, 0.4) is 0 Å². The van der Waals surface area contributed by atoms with E-state index in [9.17, 15) is 4.79 Å². The van der Waals surface area contributed by atoms with Crippen molar-refractivity contribution < 1.29 is 0 Å². The molecule has 0 radical (unpaired) electrons. The number of fused-ring (bicyclic) bond motifs is 1. The third-order valence-electron chi connectivity index (χ3n) is 1.87. The van der Waals surface area contributed by atoms with Crippen LogP contribution < -0.4 is 5.56 Å². The van der Waals surface area contributed by atoms with E-state index in [1.807, 2.05) is 11.0 Å². The van der Waals surface area contributed by atoms with Gasteiger partial charge in [-0.3, -0.25) is 4.79 Å². The fourth-order valence-corrected chi connectivity index (χ4v) is 1.75. The van der Waals surface area contributed by atoms with E-state index in [2.05, 4.69) is 9.97 Å². The number of imidazole rings is 1. The molecule has 0 fully saturated rings. The second-order valence-electron chi connectivity index (χ2n) is 2.67. The Kier molecular flexibility index (Phi) is 1.88. The summed E-state index contributed by atoms with van der Waals surface area (Å²) in [6.45, 7) is 1.99. The van der Waals surface area contributed by atoms with Crippen LogP contribution in [0, 0.1) is 0 Å². The van der Waals surface area contributed by atoms with Gasteiger partial charge in [-0.15, -0.1) is 0 Å². The van der Waals surface area contributed by atoms with Gasteiger partial charge in [-0.1, -0.05) is 0 Å². The number of aromatic nitrogens is 4. The quantitative estimate of drug-likeness (QED) is 0.612. The topological polar surface area (TPSA) is 52.7 Å². The minimum Gasteiger partial charge on any atom is -0.306 e. The van der Waals surface area contributed by atoms with Crippen molar-refractivity contribution in [1.29, 1.82) is 0 Å². The highest BCUT2D eigenvalue weighted by atomic mass is 31.1. The van der Waals surface area contributed by atoms with E-state index in [1.54, 1.807) is 13.4 Å². The maximum Gasteiger partial charge on any atom is 0.279 e. The molecular weight excluding hydrogens is 187 g/mol. The van der Waals surface area contributed by atoms with Gasteiger partial charge in [0.1, 0.15) is 6.33 Å². The van der Waals surface area contributed by atoms with Gasteiger partial charge in [-0.2, -0.15) is 0 Å². The Labute approximate surface area is 76.3 Å². The Morgan fingerprint density at radius 1 is 1.38 bits per heavy atom. The van der Waals surface area contributed by atoms with Crippen molar-refractivity contribution in [3.63, 3.8) is 0 Å². The molecule has 0 aliphatic heterocycles. The number of rotatable bonds is 1. The molecule has 2 aromatic heterocycles. The summed E-state index contributed by atoms with van der Waals surface area (Å²) < 4.78 is 3.28. The van der Waals surface area contributed by atoms with Crippen molar-refractivity contribution in [1.82, 2.24) is 18.9 Å². The summed E-state index contributed by atoms with van der Waals surface area (Å²) in [5, 5.41) is 0. The van der Waals surface area contributed by atoms with Gasteiger partial charge in [0.15, 0.2) is 11.2 Å². The fraction of sp³-hybridized carbons (Fsp3) is 0.286. The average Bonchev–Trinajstić information content (AvgIpc) is 2.55. The Balaban J connectivity index is 2.94. The zero-order valence-electron chi connectivity index (χ0n) is 7.35. The predicted octanol–water partition coefficient (Wildman–Crippen LogP) is 0.201. The van der Waals surface area contributed by atoms with E-state index in [1.165, 1.54) is 10.9 Å². The van der Waals surface area contributed by atoms with Crippen LogP contribution in [0.2, 0.25) is 0 Å². The SMILES string of the molecule is CPn1cnc2ncn(C)c(=O)c21. The fourth-order valence-electron chi connectivity index (χ4n) is 1.16. The van der Waals surface area contributed by atoms with Crippen molar-refractivity contribution in [3.8, 4) is 0 Å². The molecule has 0 N–H and O–H groups in total. The summed E-state index contributed by atoms with van der Waals surface area (Å²) in [4.78, 5) is 19.7. The highest BCUT2D eigenvalue weighted by Gasteiger charge is 2.07. The standard InChI is InChI=1S/C7H9N4OP/c1-10-3-8-6-5(7(10)12)11(13-2)4-9-6/h3-4,13H,1-2H3. The maximum atomic E-state index is 11.6. The molecule has 0 aliphatic carbocycles. The van der Waals surface area contributed by atoms with Gasteiger partial charge < -0.3 is 8.90 Å². The molecule has 6 heteroatoms. The van der Waals surface area contributed by atoms with Gasteiger partial charge >= 0.3 is 0 Å². The third kappa shape index (κ3) is 1.16. The molecule has 2 rings (SSSR count). The van der Waals surface area contributed by atoms with Gasteiger partial charge in [-0.25, -0.2) is 9.97 Å². The van der Waals surface area contributed by atoms with Crippen LogP contribution in [0.25, 0.3) is 11.2 Å². The Morgan fingerprint density at radius 3 is 2.77 bits per heavy atom. The van der Waals surface area contributed by atoms with Gasteiger partial charge in [-0.05, 0) is 15.4 Å². The van der Waals surface area contributed by atoms with E-state index in [0.717, 1.165) is 0 Å². The van der Waals surface area contributed by atoms with Crippen LogP contribution in [-0.4, -0.2) is 25.5 Å². The molecule has 1 atom stereocenters. The average molecular weight is 196 g/mol. The summed E-state index contributed by atoms with van der Waals surface area (Å²) in [7, 11) is 2.19. The first-order chi connectivity index (χ1) is 6.24. The lowest BCUT2D eigenvalue weighted by Gasteiger charge is -1.98. The van der Waals surface area contributed by atoms with Crippen molar-refractivity contribution in [2.24, 2.45) is 7.05 Å². The first-order valence-corrected chi connectivity index (χ1v) is 5.25. The Hall–Kier alpha value is -1.22. The highest BCUT2D eigenvalue weighted by molar-refractivity contribution is 7.35. The first-order valence-electron chi connectivity index (χ1n) is 3.80. The van der Waals surface area contributed by atoms with Crippen molar-refractivity contribution >= 4 is 19.9 Å². The molecule has 2 aromatic rings. The van der Waals surface area contributed by atoms with Gasteiger partial charge in [0.05, 0.1) is 6.33 Å². The second kappa shape index (κ2) is 2.92. The third-order valence-corrected chi connectivity index (χ3v) is 2.69. The molecule has 0 spiro atoms. The lowest BCUT2D eigenvalue weighted by molar-refractivity contribution is 0.838. The van der Waals surface area contributed by atoms with Crippen LogP contribution in [0.1, 0.15) is 0 Å². The van der Waals surface area contributed by atoms with Crippen LogP contribution >= 0.6 is 8.73 Å². The van der Waals surface area contributed by atoms with Crippen LogP contribution in [0.5, 0.6) is 0 Å². The maximum absolute atomic E-state index is 11.6. The molecule has 0 bridgehead atoms. The largest absolute Gasteiger partial charge is 0.306 e. The van der Waals surface area contributed by atoms with E-state index < -0.39 is 0 Å². The second-order valence-corrected chi connectivity index (χ2v) is 3.60. The first kappa shape index (κ1) is 8.38. The number of aryl methyl sites for hydroxylation is 1. The van der Waals surface area contributed by atoms with Gasteiger partial charge in [0.25, 0.3) is 5.56 Å². The predicted molar refractivity (Wildman–Crippen MR) is 52.4 cm³/mol. The molecule has 2 heterocycles. The Morgan fingerprint density at radius 2 is 2.08 bits per heavy atom. The molecule has 1 unspecified atom stereocenters. The summed E-state index contributed by atoms with van der Waals surface area (Å²) >= 11 is 0. The van der Waals surface area contributed by atoms with Crippen LogP contribution in [0.15, 0.2) is 17.4 Å². The minimum atomic E-state index is -0.0446. The van der Waals surface area contributed by atoms with Crippen molar-refractivity contribution in [3.05, 3.63) is 23.0 Å². The van der Waals surface area contributed by atoms with Crippen LogP contribution in [-0.2, 0) is 7.05 Å². The molecule has 0 amide bonds. The molecule has 0 aliphatic rings. The number of nitrogens with zero attached hydrogens (tertiary/aromatic N) is 4. The number of hydrogen-bond donors (Lipinski definition) is 0. The molecular formula is C7H9N4OP. The normalized spacial score (nSPS) is 11.8. The van der Waals surface area contributed by atoms with Gasteiger partial charge in [0, 0.05) is 7.05 Å². The molecule has 0 aromatic carbocycles. The summed E-state index contributed by atoms with van der Waals surface area (Å²) in [6, 6.07) is 0. The van der Waals surface area contributed by atoms with Crippen molar-refractivity contribution in [2.75, 3.05) is 6.66 Å². The smallest absolute Gasteiger partial charge is 0.279 e. The zero-order valence-corrected chi connectivity index (χ0v) is 8.35. The van der Waals surface area contributed by atoms with E-state index in [4.69, 9.17) is 0 Å². The monoisotopic (exact) mass is 196 g/mol. The number of hydrogen-bond acceptors (Lipinski definition) is 3. The van der Waals surface area contributed by atoms with Crippen LogP contribution in [0.4, 0.5) is 0 Å². The van der Waals surface area contributed by atoms with Crippen molar-refractivity contribution in [2.45, 2.75) is 0 Å². The lowest BCUT2D eigenvalue weighted by atomic mass is 10.5. The summed E-state index contributed by atoms with van der Waals surface area (Å²) in [6.07, 6.45) is 3.14. The van der Waals surface area contributed by atoms with Gasteiger partial charge in [0.2, 0.25) is 0 Å². The molecule has 0 saturated heterocycles. The van der Waals surface area contributed by atoms with E-state index in [0.29, 0.717) is 19.9 Å². The molecule has 5 nitrogen and oxygen atoms in total. The van der Waals surface area contributed by atoms with E-state index >= 15 is 0 Å². The Bertz CT molecular complexity index is 501. The summed E-state index contributed by atoms with van der Waals surface area (Å²) in [5.74, 6) is 0. The zero-order chi connectivity index (χ0) is 9.42.